The summed E-state index contributed by atoms with van der Waals surface area (Å²) in [5.74, 6) is 0. The van der Waals surface area contributed by atoms with E-state index in [2.05, 4.69) is 64.2 Å². The third kappa shape index (κ3) is 6.19. The zero-order valence-corrected chi connectivity index (χ0v) is 16.5. The third-order valence-corrected chi connectivity index (χ3v) is 9.33. The Kier molecular flexibility index (Phi) is 7.23. The minimum atomic E-state index is -1.82. The van der Waals surface area contributed by atoms with Crippen LogP contribution in [0.5, 0.6) is 0 Å². The molecule has 1 atom stereocenters. The average molecular weight is 338 g/mol. The van der Waals surface area contributed by atoms with Crippen LogP contribution in [0.1, 0.15) is 45.6 Å². The first-order valence-corrected chi connectivity index (χ1v) is 11.5. The topological polar surface area (TPSA) is 35.2 Å². The van der Waals surface area contributed by atoms with Gasteiger partial charge in [0.1, 0.15) is 4.99 Å². The maximum Gasteiger partial charge on any atom is 0.193 e. The Morgan fingerprint density at radius 1 is 1.18 bits per heavy atom. The van der Waals surface area contributed by atoms with Crippen molar-refractivity contribution in [1.82, 2.24) is 0 Å². The summed E-state index contributed by atoms with van der Waals surface area (Å²) in [4.78, 5) is 0.504. The number of nitrogens with two attached hydrogens (primary N) is 1. The lowest BCUT2D eigenvalue weighted by atomic mass is 10.1. The first-order valence-electron chi connectivity index (χ1n) is 8.14. The second-order valence-electron chi connectivity index (χ2n) is 7.50. The standard InChI is InChI=1S/C18H31NOSSi/c1-18(2,3)22(4,5)20-16(17(19)21)14-10-9-13-15-11-7-6-8-12-15/h6-8,11-12,16H,9-10,13-14H2,1-5H3,(H2,19,21). The van der Waals surface area contributed by atoms with Crippen LogP contribution in [0.15, 0.2) is 30.3 Å². The van der Waals surface area contributed by atoms with Gasteiger partial charge in [-0.1, -0.05) is 69.7 Å². The van der Waals surface area contributed by atoms with E-state index in [1.807, 2.05) is 0 Å². The van der Waals surface area contributed by atoms with Crippen LogP contribution in [0, 0.1) is 0 Å². The zero-order chi connectivity index (χ0) is 16.8. The number of unbranched alkanes of at least 4 members (excludes halogenated alkanes) is 1. The van der Waals surface area contributed by atoms with E-state index in [9.17, 15) is 0 Å². The van der Waals surface area contributed by atoms with Crippen molar-refractivity contribution in [2.45, 2.75) is 70.7 Å². The van der Waals surface area contributed by atoms with E-state index in [0.29, 0.717) is 4.99 Å². The molecule has 2 nitrogen and oxygen atoms in total. The van der Waals surface area contributed by atoms with Gasteiger partial charge in [0.05, 0.1) is 6.10 Å². The van der Waals surface area contributed by atoms with Gasteiger partial charge in [0, 0.05) is 0 Å². The Morgan fingerprint density at radius 2 is 1.77 bits per heavy atom. The number of rotatable bonds is 8. The van der Waals surface area contributed by atoms with Crippen molar-refractivity contribution in [3.63, 3.8) is 0 Å². The van der Waals surface area contributed by atoms with E-state index in [1.54, 1.807) is 0 Å². The molecule has 0 aromatic heterocycles. The van der Waals surface area contributed by atoms with E-state index >= 15 is 0 Å². The minimum Gasteiger partial charge on any atom is -0.408 e. The first-order chi connectivity index (χ1) is 10.1. The summed E-state index contributed by atoms with van der Waals surface area (Å²) < 4.78 is 6.39. The zero-order valence-electron chi connectivity index (χ0n) is 14.7. The quantitative estimate of drug-likeness (QED) is 0.408. The maximum atomic E-state index is 6.39. The molecule has 0 bridgehead atoms. The van der Waals surface area contributed by atoms with Crippen LogP contribution < -0.4 is 5.73 Å². The van der Waals surface area contributed by atoms with Crippen molar-refractivity contribution in [1.29, 1.82) is 0 Å². The fourth-order valence-electron chi connectivity index (χ4n) is 2.10. The lowest BCUT2D eigenvalue weighted by Crippen LogP contribution is -2.47. The molecular weight excluding hydrogens is 306 g/mol. The fraction of sp³-hybridized carbons (Fsp3) is 0.611. The molecule has 124 valence electrons. The number of hydrogen-bond donors (Lipinski definition) is 1. The Morgan fingerprint density at radius 3 is 2.27 bits per heavy atom. The van der Waals surface area contributed by atoms with Gasteiger partial charge >= 0.3 is 0 Å². The van der Waals surface area contributed by atoms with E-state index in [1.165, 1.54) is 5.56 Å². The molecule has 22 heavy (non-hydrogen) atoms. The summed E-state index contributed by atoms with van der Waals surface area (Å²) in [5.41, 5.74) is 7.30. The van der Waals surface area contributed by atoms with Crippen molar-refractivity contribution in [3.8, 4) is 0 Å². The van der Waals surface area contributed by atoms with Gasteiger partial charge in [-0.05, 0) is 43.0 Å². The van der Waals surface area contributed by atoms with Crippen molar-refractivity contribution >= 4 is 25.5 Å². The van der Waals surface area contributed by atoms with Crippen LogP contribution in [-0.4, -0.2) is 19.4 Å². The van der Waals surface area contributed by atoms with Gasteiger partial charge in [-0.25, -0.2) is 0 Å². The molecule has 0 heterocycles. The largest absolute Gasteiger partial charge is 0.408 e. The molecular formula is C18H31NOSSi. The highest BCUT2D eigenvalue weighted by atomic mass is 32.1. The SMILES string of the molecule is CC(C)(C)[Si](C)(C)OC(CCCCc1ccccc1)C(N)=S. The number of hydrogen-bond acceptors (Lipinski definition) is 2. The van der Waals surface area contributed by atoms with Crippen LogP contribution in [0.25, 0.3) is 0 Å². The Bertz CT molecular complexity index is 468. The van der Waals surface area contributed by atoms with Crippen molar-refractivity contribution in [3.05, 3.63) is 35.9 Å². The highest BCUT2D eigenvalue weighted by Gasteiger charge is 2.39. The van der Waals surface area contributed by atoms with Crippen LogP contribution in [0.2, 0.25) is 18.1 Å². The van der Waals surface area contributed by atoms with E-state index in [-0.39, 0.29) is 11.1 Å². The predicted octanol–water partition coefficient (Wildman–Crippen LogP) is 5.08. The Balaban J connectivity index is 2.47. The lowest BCUT2D eigenvalue weighted by Gasteiger charge is -2.39. The molecule has 0 saturated heterocycles. The molecule has 0 fully saturated rings. The monoisotopic (exact) mass is 337 g/mol. The summed E-state index contributed by atoms with van der Waals surface area (Å²) >= 11 is 5.23. The molecule has 0 amide bonds. The summed E-state index contributed by atoms with van der Waals surface area (Å²) in [7, 11) is -1.82. The third-order valence-electron chi connectivity index (χ3n) is 4.59. The fourth-order valence-corrected chi connectivity index (χ4v) is 3.66. The number of aryl methyl sites for hydroxylation is 1. The lowest BCUT2D eigenvalue weighted by molar-refractivity contribution is 0.228. The second-order valence-corrected chi connectivity index (χ2v) is 12.7. The van der Waals surface area contributed by atoms with Gasteiger partial charge in [0.15, 0.2) is 8.32 Å². The molecule has 0 aliphatic rings. The molecule has 0 radical (unpaired) electrons. The van der Waals surface area contributed by atoms with E-state index < -0.39 is 8.32 Å². The summed E-state index contributed by atoms with van der Waals surface area (Å²) in [5, 5.41) is 0.181. The van der Waals surface area contributed by atoms with Crippen LogP contribution in [0.3, 0.4) is 0 Å². The molecule has 0 aliphatic heterocycles. The van der Waals surface area contributed by atoms with Gasteiger partial charge in [-0.15, -0.1) is 0 Å². The molecule has 0 spiro atoms. The summed E-state index contributed by atoms with van der Waals surface area (Å²) in [6, 6.07) is 10.6. The number of thiocarbonyl (C=S) groups is 1. The Labute approximate surface area is 142 Å². The molecule has 0 saturated carbocycles. The van der Waals surface area contributed by atoms with Crippen LogP contribution in [-0.2, 0) is 10.8 Å². The molecule has 1 aromatic carbocycles. The molecule has 4 heteroatoms. The highest BCUT2D eigenvalue weighted by molar-refractivity contribution is 7.80. The smallest absolute Gasteiger partial charge is 0.193 e. The van der Waals surface area contributed by atoms with Gasteiger partial charge in [-0.3, -0.25) is 0 Å². The van der Waals surface area contributed by atoms with E-state index in [4.69, 9.17) is 22.4 Å². The second kappa shape index (κ2) is 8.23. The average Bonchev–Trinajstić information content (AvgIpc) is 2.41. The summed E-state index contributed by atoms with van der Waals surface area (Å²) in [6.07, 6.45) is 4.18. The van der Waals surface area contributed by atoms with Crippen molar-refractivity contribution in [2.24, 2.45) is 5.73 Å². The van der Waals surface area contributed by atoms with Gasteiger partial charge in [0.25, 0.3) is 0 Å². The maximum absolute atomic E-state index is 6.39. The van der Waals surface area contributed by atoms with Gasteiger partial charge in [-0.2, -0.15) is 0 Å². The predicted molar refractivity (Wildman–Crippen MR) is 103 cm³/mol. The van der Waals surface area contributed by atoms with Crippen LogP contribution in [0.4, 0.5) is 0 Å². The highest BCUT2D eigenvalue weighted by Crippen LogP contribution is 2.37. The van der Waals surface area contributed by atoms with Crippen molar-refractivity contribution < 1.29 is 4.43 Å². The van der Waals surface area contributed by atoms with Gasteiger partial charge < -0.3 is 10.2 Å². The molecule has 1 rings (SSSR count). The minimum absolute atomic E-state index is 0.0772. The summed E-state index contributed by atoms with van der Waals surface area (Å²) in [6.45, 7) is 11.2. The molecule has 1 aromatic rings. The molecule has 2 N–H and O–H groups in total. The first kappa shape index (κ1) is 19.3. The van der Waals surface area contributed by atoms with E-state index in [0.717, 1.165) is 25.7 Å². The Hall–Kier alpha value is -0.713. The molecule has 0 aliphatic carbocycles. The molecule has 1 unspecified atom stereocenters. The normalized spacial score (nSPS) is 13.9. The number of benzene rings is 1. The van der Waals surface area contributed by atoms with Gasteiger partial charge in [0.2, 0.25) is 0 Å². The van der Waals surface area contributed by atoms with Crippen LogP contribution >= 0.6 is 12.2 Å². The van der Waals surface area contributed by atoms with Crippen molar-refractivity contribution in [2.75, 3.05) is 0 Å².